The molecule has 29 heavy (non-hydrogen) atoms. The maximum Gasteiger partial charge on any atom is 0.414 e. The first-order valence-electron chi connectivity index (χ1n) is 8.39. The number of nitrogens with zero attached hydrogens (tertiary/aromatic N) is 3. The summed E-state index contributed by atoms with van der Waals surface area (Å²) < 4.78 is 42.5. The van der Waals surface area contributed by atoms with Crippen molar-refractivity contribution < 1.29 is 32.6 Å². The molecular formula is C18H19F3N4O4. The Morgan fingerprint density at radius 1 is 1.21 bits per heavy atom. The standard InChI is InChI=1S/C18H19F3N4O4/c1-25(2)17(28)29-12-5-3-11(4-6-12)9-13(16(26)27)23-14-7-8-22-15(24-14)10-18(19,20)21/h3-8,13H,9-10H2,1-2H3,(H,26,27)(H,22,23,24)/t13-/m0/s1. The van der Waals surface area contributed by atoms with Gasteiger partial charge in [0.05, 0.1) is 0 Å². The number of carboxylic acid groups (broad SMARTS) is 1. The third-order valence-corrected chi connectivity index (χ3v) is 3.62. The van der Waals surface area contributed by atoms with Crippen LogP contribution in [0.4, 0.5) is 23.8 Å². The van der Waals surface area contributed by atoms with Gasteiger partial charge in [-0.05, 0) is 23.8 Å². The zero-order chi connectivity index (χ0) is 21.6. The molecule has 0 saturated heterocycles. The van der Waals surface area contributed by atoms with Crippen LogP contribution in [0.2, 0.25) is 0 Å². The Labute approximate surface area is 164 Å². The van der Waals surface area contributed by atoms with Crippen LogP contribution in [0.5, 0.6) is 5.75 Å². The van der Waals surface area contributed by atoms with Crippen LogP contribution < -0.4 is 10.1 Å². The molecule has 1 aromatic heterocycles. The number of hydrogen-bond donors (Lipinski definition) is 2. The molecule has 0 aliphatic carbocycles. The fraction of sp³-hybridized carbons (Fsp3) is 0.333. The SMILES string of the molecule is CN(C)C(=O)Oc1ccc(C[C@H](Nc2ccnc(CC(F)(F)F)n2)C(=O)O)cc1. The van der Waals surface area contributed by atoms with Crippen LogP contribution in [-0.2, 0) is 17.6 Å². The Hall–Kier alpha value is -3.37. The van der Waals surface area contributed by atoms with Crippen molar-refractivity contribution in [3.8, 4) is 5.75 Å². The second-order valence-electron chi connectivity index (χ2n) is 6.30. The number of aromatic nitrogens is 2. The van der Waals surface area contributed by atoms with Crippen molar-refractivity contribution in [1.29, 1.82) is 0 Å². The fourth-order valence-electron chi connectivity index (χ4n) is 2.24. The summed E-state index contributed by atoms with van der Waals surface area (Å²) in [4.78, 5) is 31.6. The predicted molar refractivity (Wildman–Crippen MR) is 96.7 cm³/mol. The van der Waals surface area contributed by atoms with Crippen molar-refractivity contribution in [2.75, 3.05) is 19.4 Å². The number of hydrogen-bond acceptors (Lipinski definition) is 6. The first kappa shape index (κ1) is 21.9. The molecule has 1 atom stereocenters. The molecule has 0 unspecified atom stereocenters. The van der Waals surface area contributed by atoms with Gasteiger partial charge < -0.3 is 20.1 Å². The van der Waals surface area contributed by atoms with E-state index in [4.69, 9.17) is 4.74 Å². The van der Waals surface area contributed by atoms with E-state index in [0.717, 1.165) is 6.20 Å². The highest BCUT2D eigenvalue weighted by Crippen LogP contribution is 2.20. The number of benzene rings is 1. The lowest BCUT2D eigenvalue weighted by molar-refractivity contribution is -0.138. The number of ether oxygens (including phenoxy) is 1. The quantitative estimate of drug-likeness (QED) is 0.721. The van der Waals surface area contributed by atoms with E-state index in [-0.39, 0.29) is 12.2 Å². The van der Waals surface area contributed by atoms with E-state index in [1.165, 1.54) is 37.2 Å². The highest BCUT2D eigenvalue weighted by Gasteiger charge is 2.29. The van der Waals surface area contributed by atoms with Crippen molar-refractivity contribution in [2.45, 2.75) is 25.1 Å². The Morgan fingerprint density at radius 3 is 2.41 bits per heavy atom. The van der Waals surface area contributed by atoms with Gasteiger partial charge in [-0.25, -0.2) is 19.6 Å². The molecule has 0 aliphatic rings. The molecule has 1 aromatic carbocycles. The van der Waals surface area contributed by atoms with Crippen LogP contribution in [-0.4, -0.2) is 58.4 Å². The monoisotopic (exact) mass is 412 g/mol. The minimum Gasteiger partial charge on any atom is -0.480 e. The number of aliphatic carboxylic acids is 1. The van der Waals surface area contributed by atoms with Gasteiger partial charge in [0.15, 0.2) is 0 Å². The molecule has 2 N–H and O–H groups in total. The Balaban J connectivity index is 2.06. The molecule has 0 bridgehead atoms. The van der Waals surface area contributed by atoms with Crippen molar-refractivity contribution >= 4 is 17.9 Å². The van der Waals surface area contributed by atoms with Crippen LogP contribution in [0.1, 0.15) is 11.4 Å². The van der Waals surface area contributed by atoms with E-state index in [2.05, 4.69) is 15.3 Å². The third kappa shape index (κ3) is 7.28. The van der Waals surface area contributed by atoms with Gasteiger partial charge >= 0.3 is 18.2 Å². The van der Waals surface area contributed by atoms with E-state index in [1.807, 2.05) is 0 Å². The maximum absolute atomic E-state index is 12.5. The molecule has 0 spiro atoms. The summed E-state index contributed by atoms with van der Waals surface area (Å²) in [7, 11) is 3.07. The number of anilines is 1. The highest BCUT2D eigenvalue weighted by atomic mass is 19.4. The maximum atomic E-state index is 12.5. The van der Waals surface area contributed by atoms with E-state index in [1.54, 1.807) is 12.1 Å². The molecular weight excluding hydrogens is 393 g/mol. The molecule has 0 aliphatic heterocycles. The fourth-order valence-corrected chi connectivity index (χ4v) is 2.24. The molecule has 8 nitrogen and oxygen atoms in total. The van der Waals surface area contributed by atoms with Gasteiger partial charge in [0.1, 0.15) is 29.9 Å². The number of halogens is 3. The first-order chi connectivity index (χ1) is 13.5. The molecule has 1 heterocycles. The van der Waals surface area contributed by atoms with Gasteiger partial charge in [0.25, 0.3) is 0 Å². The molecule has 1 amide bonds. The average molecular weight is 412 g/mol. The van der Waals surface area contributed by atoms with Crippen molar-refractivity contribution in [2.24, 2.45) is 0 Å². The summed E-state index contributed by atoms with van der Waals surface area (Å²) in [6.45, 7) is 0. The number of carboxylic acids is 1. The van der Waals surface area contributed by atoms with Crippen LogP contribution >= 0.6 is 0 Å². The van der Waals surface area contributed by atoms with Crippen LogP contribution in [0.3, 0.4) is 0 Å². The highest BCUT2D eigenvalue weighted by molar-refractivity contribution is 5.77. The smallest absolute Gasteiger partial charge is 0.414 e. The summed E-state index contributed by atoms with van der Waals surface area (Å²) in [5.41, 5.74) is 0.610. The normalized spacial score (nSPS) is 12.2. The number of rotatable bonds is 7. The van der Waals surface area contributed by atoms with E-state index in [0.29, 0.717) is 11.3 Å². The van der Waals surface area contributed by atoms with Crippen molar-refractivity contribution in [3.05, 3.63) is 47.9 Å². The topological polar surface area (TPSA) is 105 Å². The number of carbonyl (C=O) groups excluding carboxylic acids is 1. The number of amides is 1. The van der Waals surface area contributed by atoms with Crippen LogP contribution in [0, 0.1) is 0 Å². The molecule has 2 aromatic rings. The minimum absolute atomic E-state index is 0.0237. The lowest BCUT2D eigenvalue weighted by Crippen LogP contribution is -2.32. The molecule has 0 radical (unpaired) electrons. The average Bonchev–Trinajstić information content (AvgIpc) is 2.61. The van der Waals surface area contributed by atoms with Gasteiger partial charge in [-0.2, -0.15) is 13.2 Å². The van der Waals surface area contributed by atoms with Gasteiger partial charge in [0, 0.05) is 26.7 Å². The summed E-state index contributed by atoms with van der Waals surface area (Å²) in [5.74, 6) is -1.40. The second kappa shape index (κ2) is 9.22. The Bertz CT molecular complexity index is 857. The van der Waals surface area contributed by atoms with Crippen LogP contribution in [0.25, 0.3) is 0 Å². The van der Waals surface area contributed by atoms with Gasteiger partial charge in [0.2, 0.25) is 0 Å². The number of alkyl halides is 3. The number of nitrogens with one attached hydrogen (secondary N) is 1. The molecule has 11 heteroatoms. The van der Waals surface area contributed by atoms with Crippen molar-refractivity contribution in [3.63, 3.8) is 0 Å². The summed E-state index contributed by atoms with van der Waals surface area (Å²) in [5, 5.41) is 12.0. The van der Waals surface area contributed by atoms with Crippen molar-refractivity contribution in [1.82, 2.24) is 14.9 Å². The largest absolute Gasteiger partial charge is 0.480 e. The Morgan fingerprint density at radius 2 is 1.86 bits per heavy atom. The molecule has 156 valence electrons. The first-order valence-corrected chi connectivity index (χ1v) is 8.39. The Kier molecular flexibility index (Phi) is 6.97. The minimum atomic E-state index is -4.47. The molecule has 0 saturated carbocycles. The number of carbonyl (C=O) groups is 2. The van der Waals surface area contributed by atoms with E-state index >= 15 is 0 Å². The van der Waals surface area contributed by atoms with E-state index < -0.39 is 36.5 Å². The summed E-state index contributed by atoms with van der Waals surface area (Å²) in [6.07, 6.45) is -5.18. The lowest BCUT2D eigenvalue weighted by atomic mass is 10.1. The second-order valence-corrected chi connectivity index (χ2v) is 6.30. The molecule has 0 fully saturated rings. The van der Waals surface area contributed by atoms with Gasteiger partial charge in [-0.15, -0.1) is 0 Å². The summed E-state index contributed by atoms with van der Waals surface area (Å²) in [6, 6.07) is 6.36. The zero-order valence-electron chi connectivity index (χ0n) is 15.6. The van der Waals surface area contributed by atoms with Crippen LogP contribution in [0.15, 0.2) is 36.5 Å². The summed E-state index contributed by atoms with van der Waals surface area (Å²) >= 11 is 0. The lowest BCUT2D eigenvalue weighted by Gasteiger charge is -2.16. The van der Waals surface area contributed by atoms with Gasteiger partial charge in [-0.1, -0.05) is 12.1 Å². The zero-order valence-corrected chi connectivity index (χ0v) is 15.6. The van der Waals surface area contributed by atoms with E-state index in [9.17, 15) is 27.9 Å². The van der Waals surface area contributed by atoms with Gasteiger partial charge in [-0.3, -0.25) is 0 Å². The molecule has 2 rings (SSSR count). The predicted octanol–water partition coefficient (Wildman–Crippen LogP) is 2.75. The third-order valence-electron chi connectivity index (χ3n) is 3.62.